The van der Waals surface area contributed by atoms with Crippen molar-refractivity contribution in [1.82, 2.24) is 9.88 Å². The van der Waals surface area contributed by atoms with Gasteiger partial charge < -0.3 is 0 Å². The average molecular weight is 194 g/mol. The van der Waals surface area contributed by atoms with E-state index in [9.17, 15) is 0 Å². The van der Waals surface area contributed by atoms with Crippen LogP contribution in [0.3, 0.4) is 0 Å². The van der Waals surface area contributed by atoms with Crippen LogP contribution in [0.15, 0.2) is 23.2 Å². The van der Waals surface area contributed by atoms with Crippen LogP contribution in [-0.2, 0) is 6.54 Å². The number of thioether (sulfide) groups is 1. The molecule has 0 N–H and O–H groups in total. The summed E-state index contributed by atoms with van der Waals surface area (Å²) in [5.74, 6) is 0. The van der Waals surface area contributed by atoms with Crippen molar-refractivity contribution in [3.05, 3.63) is 24.0 Å². The van der Waals surface area contributed by atoms with Gasteiger partial charge in [-0.15, -0.1) is 11.8 Å². The van der Waals surface area contributed by atoms with Gasteiger partial charge in [0.15, 0.2) is 0 Å². The molecule has 70 valence electrons. The molecule has 0 spiro atoms. The van der Waals surface area contributed by atoms with Gasteiger partial charge in [0.2, 0.25) is 0 Å². The standard InChI is InChI=1S/C10H14N2S/c1-13-10-3-4-11-9(7-10)8-12-5-2-6-12/h3-4,7H,2,5-6,8H2,1H3. The summed E-state index contributed by atoms with van der Waals surface area (Å²) in [6.45, 7) is 3.50. The van der Waals surface area contributed by atoms with Crippen molar-refractivity contribution in [2.75, 3.05) is 19.3 Å². The summed E-state index contributed by atoms with van der Waals surface area (Å²) in [5.41, 5.74) is 1.20. The molecule has 0 radical (unpaired) electrons. The van der Waals surface area contributed by atoms with Gasteiger partial charge in [-0.05, 0) is 37.9 Å². The number of hydrogen-bond donors (Lipinski definition) is 0. The Morgan fingerprint density at radius 3 is 3.00 bits per heavy atom. The largest absolute Gasteiger partial charge is 0.297 e. The Hall–Kier alpha value is -0.540. The van der Waals surface area contributed by atoms with E-state index in [1.54, 1.807) is 11.8 Å². The van der Waals surface area contributed by atoms with Crippen molar-refractivity contribution in [2.24, 2.45) is 0 Å². The minimum absolute atomic E-state index is 1.02. The Kier molecular flexibility index (Phi) is 2.86. The lowest BCUT2D eigenvalue weighted by molar-refractivity contribution is 0.170. The summed E-state index contributed by atoms with van der Waals surface area (Å²) < 4.78 is 0. The number of hydrogen-bond acceptors (Lipinski definition) is 3. The summed E-state index contributed by atoms with van der Waals surface area (Å²) in [6.07, 6.45) is 5.35. The number of nitrogens with zero attached hydrogens (tertiary/aromatic N) is 2. The summed E-state index contributed by atoms with van der Waals surface area (Å²) >= 11 is 1.78. The Balaban J connectivity index is 2.01. The first-order valence-corrected chi connectivity index (χ1v) is 5.82. The third-order valence-electron chi connectivity index (χ3n) is 2.36. The van der Waals surface area contributed by atoms with Crippen molar-refractivity contribution in [2.45, 2.75) is 17.9 Å². The van der Waals surface area contributed by atoms with Gasteiger partial charge in [-0.1, -0.05) is 0 Å². The molecule has 1 aliphatic heterocycles. The van der Waals surface area contributed by atoms with E-state index in [1.165, 1.54) is 30.1 Å². The van der Waals surface area contributed by atoms with Crippen molar-refractivity contribution in [3.63, 3.8) is 0 Å². The topological polar surface area (TPSA) is 16.1 Å². The van der Waals surface area contributed by atoms with Gasteiger partial charge in [0.1, 0.15) is 0 Å². The molecule has 0 bridgehead atoms. The summed E-state index contributed by atoms with van der Waals surface area (Å²) in [4.78, 5) is 8.09. The second-order valence-electron chi connectivity index (χ2n) is 3.32. The molecule has 1 saturated heterocycles. The second kappa shape index (κ2) is 4.11. The maximum Gasteiger partial charge on any atom is 0.0555 e. The van der Waals surface area contributed by atoms with Gasteiger partial charge in [-0.3, -0.25) is 9.88 Å². The minimum Gasteiger partial charge on any atom is -0.297 e. The van der Waals surface area contributed by atoms with Crippen LogP contribution in [0.5, 0.6) is 0 Å². The van der Waals surface area contributed by atoms with Crippen molar-refractivity contribution >= 4 is 11.8 Å². The van der Waals surface area contributed by atoms with Crippen LogP contribution in [0.4, 0.5) is 0 Å². The molecule has 0 atom stereocenters. The zero-order valence-electron chi connectivity index (χ0n) is 7.86. The molecule has 1 fully saturated rings. The molecule has 2 nitrogen and oxygen atoms in total. The van der Waals surface area contributed by atoms with Crippen LogP contribution in [0.25, 0.3) is 0 Å². The molecule has 3 heteroatoms. The zero-order valence-corrected chi connectivity index (χ0v) is 8.68. The van der Waals surface area contributed by atoms with Crippen molar-refractivity contribution in [1.29, 1.82) is 0 Å². The molecule has 0 saturated carbocycles. The van der Waals surface area contributed by atoms with Gasteiger partial charge in [-0.2, -0.15) is 0 Å². The molecular formula is C10H14N2S. The SMILES string of the molecule is CSc1ccnc(CN2CCC2)c1. The van der Waals surface area contributed by atoms with E-state index >= 15 is 0 Å². The van der Waals surface area contributed by atoms with Crippen LogP contribution in [-0.4, -0.2) is 29.2 Å². The average Bonchev–Trinajstić information content (AvgIpc) is 2.12. The molecule has 0 amide bonds. The zero-order chi connectivity index (χ0) is 9.10. The smallest absolute Gasteiger partial charge is 0.0555 e. The molecule has 1 aliphatic rings. The highest BCUT2D eigenvalue weighted by Gasteiger charge is 2.14. The van der Waals surface area contributed by atoms with Gasteiger partial charge in [0.25, 0.3) is 0 Å². The first-order valence-electron chi connectivity index (χ1n) is 4.60. The van der Waals surface area contributed by atoms with E-state index in [4.69, 9.17) is 0 Å². The van der Waals surface area contributed by atoms with Crippen LogP contribution in [0, 0.1) is 0 Å². The third-order valence-corrected chi connectivity index (χ3v) is 3.08. The lowest BCUT2D eigenvalue weighted by Gasteiger charge is -2.30. The van der Waals surface area contributed by atoms with Crippen LogP contribution in [0.1, 0.15) is 12.1 Å². The van der Waals surface area contributed by atoms with E-state index in [1.807, 2.05) is 6.20 Å². The molecule has 2 rings (SSSR count). The molecule has 13 heavy (non-hydrogen) atoms. The van der Waals surface area contributed by atoms with Crippen molar-refractivity contribution < 1.29 is 0 Å². The van der Waals surface area contributed by atoms with E-state index in [2.05, 4.69) is 28.3 Å². The van der Waals surface area contributed by atoms with Gasteiger partial charge in [-0.25, -0.2) is 0 Å². The van der Waals surface area contributed by atoms with Crippen LogP contribution in [0.2, 0.25) is 0 Å². The van der Waals surface area contributed by atoms with E-state index in [0.717, 1.165) is 6.54 Å². The number of rotatable bonds is 3. The highest BCUT2D eigenvalue weighted by molar-refractivity contribution is 7.98. The summed E-state index contributed by atoms with van der Waals surface area (Å²) in [6, 6.07) is 4.24. The Morgan fingerprint density at radius 2 is 2.38 bits per heavy atom. The maximum absolute atomic E-state index is 4.35. The molecule has 0 aliphatic carbocycles. The summed E-state index contributed by atoms with van der Waals surface area (Å²) in [5, 5.41) is 0. The fraction of sp³-hybridized carbons (Fsp3) is 0.500. The quantitative estimate of drug-likeness (QED) is 0.685. The van der Waals surface area contributed by atoms with E-state index in [-0.39, 0.29) is 0 Å². The minimum atomic E-state index is 1.02. The normalized spacial score (nSPS) is 17.0. The highest BCUT2D eigenvalue weighted by Crippen LogP contribution is 2.16. The van der Waals surface area contributed by atoms with Crippen LogP contribution >= 0.6 is 11.8 Å². The van der Waals surface area contributed by atoms with Gasteiger partial charge >= 0.3 is 0 Å². The third kappa shape index (κ3) is 2.23. The monoisotopic (exact) mass is 194 g/mol. The molecular weight excluding hydrogens is 180 g/mol. The molecule has 2 heterocycles. The molecule has 0 unspecified atom stereocenters. The number of likely N-dealkylation sites (tertiary alicyclic amines) is 1. The van der Waals surface area contributed by atoms with Crippen molar-refractivity contribution in [3.8, 4) is 0 Å². The summed E-state index contributed by atoms with van der Waals surface area (Å²) in [7, 11) is 0. The van der Waals surface area contributed by atoms with E-state index < -0.39 is 0 Å². The fourth-order valence-electron chi connectivity index (χ4n) is 1.44. The first kappa shape index (κ1) is 9.03. The van der Waals surface area contributed by atoms with Gasteiger partial charge in [0, 0.05) is 17.6 Å². The first-order chi connectivity index (χ1) is 6.38. The molecule has 1 aromatic heterocycles. The lowest BCUT2D eigenvalue weighted by atomic mass is 10.2. The van der Waals surface area contributed by atoms with Crippen LogP contribution < -0.4 is 0 Å². The highest BCUT2D eigenvalue weighted by atomic mass is 32.2. The predicted molar refractivity (Wildman–Crippen MR) is 55.9 cm³/mol. The number of aromatic nitrogens is 1. The fourth-order valence-corrected chi connectivity index (χ4v) is 1.89. The Bertz CT molecular complexity index is 284. The number of pyridine rings is 1. The Labute approximate surface area is 83.4 Å². The molecule has 1 aromatic rings. The lowest BCUT2D eigenvalue weighted by Crippen LogP contribution is -2.36. The predicted octanol–water partition coefficient (Wildman–Crippen LogP) is 2.01. The molecule has 0 aromatic carbocycles. The van der Waals surface area contributed by atoms with Gasteiger partial charge in [0.05, 0.1) is 5.69 Å². The Morgan fingerprint density at radius 1 is 1.54 bits per heavy atom. The maximum atomic E-state index is 4.35. The van der Waals surface area contributed by atoms with E-state index in [0.29, 0.717) is 0 Å². The second-order valence-corrected chi connectivity index (χ2v) is 4.20.